The van der Waals surface area contributed by atoms with Crippen LogP contribution in [0.5, 0.6) is 0 Å². The summed E-state index contributed by atoms with van der Waals surface area (Å²) in [6.45, 7) is 4.69. The molecule has 1 saturated carbocycles. The number of hydrogen-bond acceptors (Lipinski definition) is 4. The van der Waals surface area contributed by atoms with E-state index in [1.165, 1.54) is 12.8 Å². The number of amides is 1. The minimum absolute atomic E-state index is 0.140. The number of nitrogens with zero attached hydrogens (tertiary/aromatic N) is 1. The second-order valence-electron chi connectivity index (χ2n) is 5.49. The zero-order valence-electron chi connectivity index (χ0n) is 12.1. The first-order valence-corrected chi connectivity index (χ1v) is 7.37. The van der Waals surface area contributed by atoms with Gasteiger partial charge in [-0.3, -0.25) is 4.79 Å². The summed E-state index contributed by atoms with van der Waals surface area (Å²) >= 11 is 0. The Labute approximate surface area is 115 Å². The Morgan fingerprint density at radius 1 is 1.32 bits per heavy atom. The summed E-state index contributed by atoms with van der Waals surface area (Å²) in [7, 11) is 1.76. The van der Waals surface area contributed by atoms with Crippen molar-refractivity contribution in [1.82, 2.24) is 10.2 Å². The van der Waals surface area contributed by atoms with Crippen LogP contribution >= 0.6 is 0 Å². The van der Waals surface area contributed by atoms with Crippen molar-refractivity contribution in [3.05, 3.63) is 0 Å². The van der Waals surface area contributed by atoms with E-state index < -0.39 is 0 Å². The largest absolute Gasteiger partial charge is 0.380 e. The molecule has 2 aliphatic rings. The fraction of sp³-hybridized carbons (Fsp3) is 0.929. The van der Waals surface area contributed by atoms with Gasteiger partial charge in [0.2, 0.25) is 5.91 Å². The number of carbonyl (C=O) groups is 1. The van der Waals surface area contributed by atoms with Gasteiger partial charge in [-0.05, 0) is 19.8 Å². The molecule has 0 bridgehead atoms. The van der Waals surface area contributed by atoms with Crippen molar-refractivity contribution in [2.75, 3.05) is 33.4 Å². The van der Waals surface area contributed by atoms with E-state index in [1.807, 2.05) is 11.8 Å². The zero-order valence-corrected chi connectivity index (χ0v) is 12.1. The van der Waals surface area contributed by atoms with Gasteiger partial charge in [0.15, 0.2) is 0 Å². The van der Waals surface area contributed by atoms with Crippen molar-refractivity contribution < 1.29 is 14.3 Å². The van der Waals surface area contributed by atoms with E-state index in [0.29, 0.717) is 32.3 Å². The number of morpholine rings is 1. The molecule has 2 fully saturated rings. The third kappa shape index (κ3) is 3.91. The van der Waals surface area contributed by atoms with Crippen molar-refractivity contribution in [2.45, 2.75) is 50.8 Å². The van der Waals surface area contributed by atoms with Gasteiger partial charge in [-0.25, -0.2) is 0 Å². The molecule has 2 rings (SSSR count). The maximum absolute atomic E-state index is 12.3. The maximum Gasteiger partial charge on any atom is 0.239 e. The second-order valence-corrected chi connectivity index (χ2v) is 5.49. The number of carbonyl (C=O) groups excluding carboxylic acids is 1. The Morgan fingerprint density at radius 2 is 2.00 bits per heavy atom. The van der Waals surface area contributed by atoms with Crippen LogP contribution in [0.1, 0.15) is 32.6 Å². The molecule has 0 radical (unpaired) electrons. The summed E-state index contributed by atoms with van der Waals surface area (Å²) in [4.78, 5) is 14.2. The molecule has 1 saturated heterocycles. The Balaban J connectivity index is 1.84. The minimum atomic E-state index is -0.140. The van der Waals surface area contributed by atoms with Gasteiger partial charge < -0.3 is 19.7 Å². The summed E-state index contributed by atoms with van der Waals surface area (Å²) in [5.74, 6) is 0.184. The number of ether oxygens (including phenoxy) is 2. The molecule has 3 unspecified atom stereocenters. The van der Waals surface area contributed by atoms with Crippen molar-refractivity contribution in [2.24, 2.45) is 0 Å². The Hall–Kier alpha value is -0.650. The minimum Gasteiger partial charge on any atom is -0.380 e. The molecular weight excluding hydrogens is 244 g/mol. The van der Waals surface area contributed by atoms with Crippen LogP contribution in [0.25, 0.3) is 0 Å². The van der Waals surface area contributed by atoms with Crippen LogP contribution in [0.3, 0.4) is 0 Å². The van der Waals surface area contributed by atoms with Gasteiger partial charge in [0.05, 0.1) is 25.4 Å². The highest BCUT2D eigenvalue weighted by Gasteiger charge is 2.29. The lowest BCUT2D eigenvalue weighted by molar-refractivity contribution is -0.137. The molecule has 19 heavy (non-hydrogen) atoms. The molecule has 0 aromatic carbocycles. The maximum atomic E-state index is 12.3. The molecule has 1 amide bonds. The highest BCUT2D eigenvalue weighted by Crippen LogP contribution is 2.21. The quantitative estimate of drug-likeness (QED) is 0.820. The molecule has 1 heterocycles. The summed E-state index contributed by atoms with van der Waals surface area (Å²) in [6.07, 6.45) is 4.87. The second kappa shape index (κ2) is 7.22. The normalized spacial score (nSPS) is 30.1. The Bertz CT molecular complexity index is 292. The van der Waals surface area contributed by atoms with Crippen LogP contribution in [-0.4, -0.2) is 62.4 Å². The van der Waals surface area contributed by atoms with Gasteiger partial charge in [0.25, 0.3) is 0 Å². The predicted molar refractivity (Wildman–Crippen MR) is 73.0 cm³/mol. The van der Waals surface area contributed by atoms with E-state index in [9.17, 15) is 4.79 Å². The van der Waals surface area contributed by atoms with Crippen LogP contribution in [-0.2, 0) is 14.3 Å². The summed E-state index contributed by atoms with van der Waals surface area (Å²) in [6, 6.07) is 0.164. The van der Waals surface area contributed by atoms with E-state index in [1.54, 1.807) is 7.11 Å². The van der Waals surface area contributed by atoms with Crippen LogP contribution in [0.2, 0.25) is 0 Å². The average Bonchev–Trinajstić information content (AvgIpc) is 2.48. The standard InChI is InChI=1S/C14H26N2O3/c1-11(14(17)16-7-9-19-10-8-16)15-12-5-3-4-6-13(12)18-2/h11-13,15H,3-10H2,1-2H3. The predicted octanol–water partition coefficient (Wildman–Crippen LogP) is 0.781. The van der Waals surface area contributed by atoms with E-state index in [4.69, 9.17) is 9.47 Å². The van der Waals surface area contributed by atoms with Crippen LogP contribution in [0.15, 0.2) is 0 Å². The third-order valence-corrected chi connectivity index (χ3v) is 4.16. The monoisotopic (exact) mass is 270 g/mol. The molecule has 0 spiro atoms. The number of methoxy groups -OCH3 is 1. The van der Waals surface area contributed by atoms with Gasteiger partial charge in [0.1, 0.15) is 0 Å². The molecule has 3 atom stereocenters. The third-order valence-electron chi connectivity index (χ3n) is 4.16. The molecule has 1 aliphatic heterocycles. The van der Waals surface area contributed by atoms with Gasteiger partial charge in [-0.15, -0.1) is 0 Å². The molecule has 0 aromatic rings. The van der Waals surface area contributed by atoms with Crippen LogP contribution in [0.4, 0.5) is 0 Å². The lowest BCUT2D eigenvalue weighted by atomic mass is 9.92. The van der Waals surface area contributed by atoms with Crippen LogP contribution in [0, 0.1) is 0 Å². The molecule has 5 nitrogen and oxygen atoms in total. The topological polar surface area (TPSA) is 50.8 Å². The molecule has 1 aliphatic carbocycles. The number of nitrogens with one attached hydrogen (secondary N) is 1. The molecular formula is C14H26N2O3. The molecule has 1 N–H and O–H groups in total. The lowest BCUT2D eigenvalue weighted by Crippen LogP contribution is -2.54. The SMILES string of the molecule is COC1CCCCC1NC(C)C(=O)N1CCOCC1. The summed E-state index contributed by atoms with van der Waals surface area (Å²) in [5.41, 5.74) is 0. The lowest BCUT2D eigenvalue weighted by Gasteiger charge is -2.35. The zero-order chi connectivity index (χ0) is 13.7. The number of rotatable bonds is 4. The first-order valence-electron chi connectivity index (χ1n) is 7.37. The molecule has 5 heteroatoms. The van der Waals surface area contributed by atoms with Crippen molar-refractivity contribution in [3.63, 3.8) is 0 Å². The van der Waals surface area contributed by atoms with Gasteiger partial charge in [-0.1, -0.05) is 12.8 Å². The van der Waals surface area contributed by atoms with Crippen LogP contribution < -0.4 is 5.32 Å². The van der Waals surface area contributed by atoms with Crippen molar-refractivity contribution in [1.29, 1.82) is 0 Å². The first-order chi connectivity index (χ1) is 9.22. The molecule has 0 aromatic heterocycles. The van der Waals surface area contributed by atoms with Gasteiger partial charge in [-0.2, -0.15) is 0 Å². The summed E-state index contributed by atoms with van der Waals surface area (Å²) < 4.78 is 10.8. The Kier molecular flexibility index (Phi) is 5.60. The average molecular weight is 270 g/mol. The van der Waals surface area contributed by atoms with E-state index in [2.05, 4.69) is 5.32 Å². The van der Waals surface area contributed by atoms with Crippen molar-refractivity contribution in [3.8, 4) is 0 Å². The fourth-order valence-corrected chi connectivity index (χ4v) is 3.02. The fourth-order valence-electron chi connectivity index (χ4n) is 3.02. The highest BCUT2D eigenvalue weighted by molar-refractivity contribution is 5.81. The summed E-state index contributed by atoms with van der Waals surface area (Å²) in [5, 5.41) is 3.46. The van der Waals surface area contributed by atoms with E-state index in [-0.39, 0.29) is 18.1 Å². The van der Waals surface area contributed by atoms with Gasteiger partial charge in [0, 0.05) is 26.2 Å². The highest BCUT2D eigenvalue weighted by atomic mass is 16.5. The Morgan fingerprint density at radius 3 is 2.68 bits per heavy atom. The van der Waals surface area contributed by atoms with Gasteiger partial charge >= 0.3 is 0 Å². The van der Waals surface area contributed by atoms with E-state index >= 15 is 0 Å². The van der Waals surface area contributed by atoms with E-state index in [0.717, 1.165) is 12.8 Å². The molecule has 110 valence electrons. The smallest absolute Gasteiger partial charge is 0.239 e. The number of hydrogen-bond donors (Lipinski definition) is 1. The first kappa shape index (κ1) is 14.8. The van der Waals surface area contributed by atoms with Crippen molar-refractivity contribution >= 4 is 5.91 Å².